The van der Waals surface area contributed by atoms with Crippen molar-refractivity contribution in [3.05, 3.63) is 29.8 Å². The molecule has 10 heteroatoms. The predicted octanol–water partition coefficient (Wildman–Crippen LogP) is 0.438. The van der Waals surface area contributed by atoms with Crippen LogP contribution in [0.25, 0.3) is 0 Å². The summed E-state index contributed by atoms with van der Waals surface area (Å²) < 4.78 is 4.96. The van der Waals surface area contributed by atoms with E-state index in [1.165, 1.54) is 31.4 Å². The normalized spacial score (nSPS) is 12.5. The Morgan fingerprint density at radius 3 is 2.04 bits per heavy atom. The van der Waals surface area contributed by atoms with E-state index in [1.54, 1.807) is 0 Å². The highest BCUT2D eigenvalue weighted by atomic mass is 16.5. The second-order valence-corrected chi connectivity index (χ2v) is 4.99. The summed E-state index contributed by atoms with van der Waals surface area (Å²) in [6.45, 7) is 0. The van der Waals surface area contributed by atoms with Crippen LogP contribution in [0, 0.1) is 0 Å². The van der Waals surface area contributed by atoms with Gasteiger partial charge in [0.1, 0.15) is 11.8 Å². The average Bonchev–Trinajstić information content (AvgIpc) is 2.55. The summed E-state index contributed by atoms with van der Waals surface area (Å²) in [4.78, 5) is 44.8. The van der Waals surface area contributed by atoms with Crippen molar-refractivity contribution < 1.29 is 39.2 Å². The van der Waals surface area contributed by atoms with Crippen molar-refractivity contribution in [1.82, 2.24) is 10.6 Å². The number of carboxylic acids is 3. The van der Waals surface area contributed by atoms with E-state index in [1.807, 2.05) is 5.32 Å². The quantitative estimate of drug-likeness (QED) is 0.426. The molecule has 2 atom stereocenters. The molecule has 0 heterocycles. The maximum Gasteiger partial charge on any atom is 0.330 e. The van der Waals surface area contributed by atoms with Gasteiger partial charge < -0.3 is 30.7 Å². The maximum atomic E-state index is 11.9. The summed E-state index contributed by atoms with van der Waals surface area (Å²) in [7, 11) is 1.44. The number of carbonyl (C=O) groups is 4. The van der Waals surface area contributed by atoms with Crippen LogP contribution in [-0.4, -0.2) is 52.4 Å². The van der Waals surface area contributed by atoms with Crippen molar-refractivity contribution in [2.75, 3.05) is 7.11 Å². The van der Waals surface area contributed by atoms with E-state index in [-0.39, 0.29) is 12.0 Å². The monoisotopic (exact) mass is 354 g/mol. The Bertz CT molecular complexity index is 643. The van der Waals surface area contributed by atoms with Gasteiger partial charge in [0.25, 0.3) is 0 Å². The number of amides is 2. The van der Waals surface area contributed by atoms with Crippen LogP contribution in [0.15, 0.2) is 24.3 Å². The number of carbonyl (C=O) groups excluding carboxylic acids is 1. The minimum atomic E-state index is -1.46. The minimum absolute atomic E-state index is 0.251. The first kappa shape index (κ1) is 19.7. The largest absolute Gasteiger partial charge is 0.497 e. The number of ether oxygens (including phenoxy) is 1. The maximum absolute atomic E-state index is 11.9. The molecule has 1 aromatic carbocycles. The van der Waals surface area contributed by atoms with Crippen molar-refractivity contribution in [2.24, 2.45) is 0 Å². The summed E-state index contributed by atoms with van der Waals surface area (Å²) >= 11 is 0. The molecule has 1 rings (SSSR count). The van der Waals surface area contributed by atoms with Gasteiger partial charge in [-0.15, -0.1) is 0 Å². The Morgan fingerprint density at radius 2 is 1.60 bits per heavy atom. The lowest BCUT2D eigenvalue weighted by molar-refractivity contribution is -0.140. The van der Waals surface area contributed by atoms with Gasteiger partial charge >= 0.3 is 23.9 Å². The number of nitrogens with one attached hydrogen (secondary N) is 2. The van der Waals surface area contributed by atoms with Gasteiger partial charge in [-0.05, 0) is 24.1 Å². The van der Waals surface area contributed by atoms with Crippen molar-refractivity contribution >= 4 is 23.9 Å². The van der Waals surface area contributed by atoms with Crippen molar-refractivity contribution in [1.29, 1.82) is 0 Å². The van der Waals surface area contributed by atoms with Crippen LogP contribution in [0.4, 0.5) is 4.79 Å². The molecule has 0 aromatic heterocycles. The van der Waals surface area contributed by atoms with E-state index in [0.717, 1.165) is 0 Å². The van der Waals surface area contributed by atoms with E-state index in [0.29, 0.717) is 5.75 Å². The highest BCUT2D eigenvalue weighted by Gasteiger charge is 2.26. The Labute approximate surface area is 142 Å². The number of urea groups is 1. The number of benzene rings is 1. The summed E-state index contributed by atoms with van der Waals surface area (Å²) in [6.07, 6.45) is -0.795. The fourth-order valence-electron chi connectivity index (χ4n) is 1.94. The number of aliphatic carboxylic acids is 3. The highest BCUT2D eigenvalue weighted by Crippen LogP contribution is 2.18. The lowest BCUT2D eigenvalue weighted by Crippen LogP contribution is -2.48. The third-order valence-corrected chi connectivity index (χ3v) is 3.22. The average molecular weight is 354 g/mol. The van der Waals surface area contributed by atoms with Crippen LogP contribution in [0.3, 0.4) is 0 Å². The molecule has 2 unspecified atom stereocenters. The Morgan fingerprint density at radius 1 is 1.00 bits per heavy atom. The number of methoxy groups -OCH3 is 1. The van der Waals surface area contributed by atoms with Crippen LogP contribution in [0.1, 0.15) is 24.4 Å². The Balaban J connectivity index is 2.79. The van der Waals surface area contributed by atoms with Crippen molar-refractivity contribution in [3.63, 3.8) is 0 Å². The van der Waals surface area contributed by atoms with Crippen LogP contribution in [-0.2, 0) is 14.4 Å². The Hall–Kier alpha value is -3.30. The molecule has 25 heavy (non-hydrogen) atoms. The van der Waals surface area contributed by atoms with Gasteiger partial charge in [-0.1, -0.05) is 12.1 Å². The highest BCUT2D eigenvalue weighted by molar-refractivity contribution is 5.87. The lowest BCUT2D eigenvalue weighted by atomic mass is 10.1. The minimum Gasteiger partial charge on any atom is -0.497 e. The number of hydrogen-bond donors (Lipinski definition) is 5. The van der Waals surface area contributed by atoms with Gasteiger partial charge in [-0.3, -0.25) is 4.79 Å². The summed E-state index contributed by atoms with van der Waals surface area (Å²) in [5.41, 5.74) is 0.251. The molecule has 0 bridgehead atoms. The van der Waals surface area contributed by atoms with E-state index in [4.69, 9.17) is 14.9 Å². The molecule has 0 aliphatic rings. The summed E-state index contributed by atoms with van der Waals surface area (Å²) in [6, 6.07) is 1.99. The molecular formula is C15H18N2O8. The molecule has 0 fully saturated rings. The molecule has 5 N–H and O–H groups in total. The molecule has 2 amide bonds. The summed E-state index contributed by atoms with van der Waals surface area (Å²) in [5, 5.41) is 31.0. The van der Waals surface area contributed by atoms with Gasteiger partial charge in [0.15, 0.2) is 6.04 Å². The van der Waals surface area contributed by atoms with Crippen LogP contribution in [0.2, 0.25) is 0 Å². The molecule has 0 saturated heterocycles. The SMILES string of the molecule is COc1ccc(C(NC(=O)NC(CCC(=O)O)C(=O)O)C(=O)O)cc1. The number of carboxylic acid groups (broad SMARTS) is 3. The Kier molecular flexibility index (Phi) is 7.19. The number of hydrogen-bond acceptors (Lipinski definition) is 5. The topological polar surface area (TPSA) is 162 Å². The smallest absolute Gasteiger partial charge is 0.330 e. The van der Waals surface area contributed by atoms with Gasteiger partial charge in [0.2, 0.25) is 0 Å². The zero-order valence-electron chi connectivity index (χ0n) is 13.3. The molecule has 0 radical (unpaired) electrons. The second kappa shape index (κ2) is 9.11. The van der Waals surface area contributed by atoms with Gasteiger partial charge in [0.05, 0.1) is 7.11 Å². The second-order valence-electron chi connectivity index (χ2n) is 4.99. The standard InChI is InChI=1S/C15H18N2O8/c1-25-9-4-2-8(3-5-9)12(14(22)23)17-15(24)16-10(13(20)21)6-7-11(18)19/h2-5,10,12H,6-7H2,1H3,(H,18,19)(H,20,21)(H,22,23)(H2,16,17,24). The van der Waals surface area contributed by atoms with Crippen molar-refractivity contribution in [2.45, 2.75) is 24.9 Å². The molecule has 136 valence electrons. The van der Waals surface area contributed by atoms with Gasteiger partial charge in [-0.25, -0.2) is 14.4 Å². The molecule has 0 aliphatic carbocycles. The molecule has 0 spiro atoms. The molecular weight excluding hydrogens is 336 g/mol. The van der Waals surface area contributed by atoms with E-state index >= 15 is 0 Å². The molecule has 0 aliphatic heterocycles. The zero-order chi connectivity index (χ0) is 19.0. The summed E-state index contributed by atoms with van der Waals surface area (Å²) in [5.74, 6) is -3.49. The van der Waals surface area contributed by atoms with Crippen LogP contribution < -0.4 is 15.4 Å². The first-order chi connectivity index (χ1) is 11.7. The third kappa shape index (κ3) is 6.37. The van der Waals surface area contributed by atoms with Gasteiger partial charge in [-0.2, -0.15) is 0 Å². The third-order valence-electron chi connectivity index (χ3n) is 3.22. The fraction of sp³-hybridized carbons (Fsp3) is 0.333. The van der Waals surface area contributed by atoms with Crippen LogP contribution in [0.5, 0.6) is 5.75 Å². The molecule has 0 saturated carbocycles. The van der Waals surface area contributed by atoms with E-state index in [9.17, 15) is 24.3 Å². The van der Waals surface area contributed by atoms with E-state index < -0.39 is 42.4 Å². The zero-order valence-corrected chi connectivity index (χ0v) is 13.3. The first-order valence-corrected chi connectivity index (χ1v) is 7.13. The predicted molar refractivity (Wildman–Crippen MR) is 83.3 cm³/mol. The lowest BCUT2D eigenvalue weighted by Gasteiger charge is -2.18. The first-order valence-electron chi connectivity index (χ1n) is 7.13. The van der Waals surface area contributed by atoms with E-state index in [2.05, 4.69) is 5.32 Å². The fourth-order valence-corrected chi connectivity index (χ4v) is 1.94. The number of rotatable bonds is 9. The molecule has 1 aromatic rings. The van der Waals surface area contributed by atoms with Crippen LogP contribution >= 0.6 is 0 Å². The van der Waals surface area contributed by atoms with Gasteiger partial charge in [0, 0.05) is 6.42 Å². The van der Waals surface area contributed by atoms with Crippen molar-refractivity contribution in [3.8, 4) is 5.75 Å². The molecule has 10 nitrogen and oxygen atoms in total.